The Hall–Kier alpha value is -3.01. The van der Waals surface area contributed by atoms with Crippen LogP contribution in [0, 0.1) is 0 Å². The van der Waals surface area contributed by atoms with Crippen molar-refractivity contribution in [3.63, 3.8) is 0 Å². The Morgan fingerprint density at radius 3 is 2.56 bits per heavy atom. The third-order valence-electron chi connectivity index (χ3n) is 5.23. The van der Waals surface area contributed by atoms with Crippen molar-refractivity contribution in [2.75, 3.05) is 32.2 Å². The van der Waals surface area contributed by atoms with Gasteiger partial charge in [-0.3, -0.25) is 14.4 Å². The number of methoxy groups -OCH3 is 1. The molecule has 1 aliphatic heterocycles. The number of ether oxygens (including phenoxy) is 5. The van der Waals surface area contributed by atoms with E-state index in [-0.39, 0.29) is 43.0 Å². The number of hydrogen-bond donors (Lipinski definition) is 1. The van der Waals surface area contributed by atoms with E-state index in [1.807, 2.05) is 0 Å². The maximum atomic E-state index is 13.1. The van der Waals surface area contributed by atoms with Gasteiger partial charge in [-0.15, -0.1) is 0 Å². The van der Waals surface area contributed by atoms with Crippen molar-refractivity contribution in [1.82, 2.24) is 0 Å². The molecule has 0 spiro atoms. The van der Waals surface area contributed by atoms with Crippen LogP contribution in [0.25, 0.3) is 0 Å². The third kappa shape index (κ3) is 6.81. The Bertz CT molecular complexity index is 1120. The molecule has 0 fully saturated rings. The molecule has 1 heterocycles. The van der Waals surface area contributed by atoms with Crippen LogP contribution in [0.2, 0.25) is 10.0 Å². The summed E-state index contributed by atoms with van der Waals surface area (Å²) in [7, 11) is 1.49. The van der Waals surface area contributed by atoms with Gasteiger partial charge in [0.2, 0.25) is 0 Å². The smallest absolute Gasteiger partial charge is 0.308 e. The quantitative estimate of drug-likeness (QED) is 0.341. The summed E-state index contributed by atoms with van der Waals surface area (Å²) < 4.78 is 27.4. The number of fused-ring (bicyclic) bond motifs is 1. The Balaban J connectivity index is 2.03. The van der Waals surface area contributed by atoms with Gasteiger partial charge in [0.15, 0.2) is 0 Å². The van der Waals surface area contributed by atoms with Crippen molar-refractivity contribution in [3.8, 4) is 11.5 Å². The molecule has 2 aromatic rings. The van der Waals surface area contributed by atoms with E-state index in [1.54, 1.807) is 37.3 Å². The van der Waals surface area contributed by atoms with E-state index in [0.717, 1.165) is 0 Å². The van der Waals surface area contributed by atoms with Gasteiger partial charge >= 0.3 is 11.9 Å². The molecule has 1 amide bonds. The van der Waals surface area contributed by atoms with Crippen LogP contribution in [0.3, 0.4) is 0 Å². The largest absolute Gasteiger partial charge is 0.495 e. The van der Waals surface area contributed by atoms with Crippen molar-refractivity contribution < 1.29 is 38.1 Å². The summed E-state index contributed by atoms with van der Waals surface area (Å²) in [5.41, 5.74) is 1.31. The maximum absolute atomic E-state index is 13.1. The Kier molecular flexibility index (Phi) is 9.81. The van der Waals surface area contributed by atoms with Crippen molar-refractivity contribution in [2.24, 2.45) is 0 Å². The number of carbonyl (C=O) groups is 3. The van der Waals surface area contributed by atoms with E-state index < -0.39 is 24.1 Å². The monoisotopic (exact) mass is 539 g/mol. The molecule has 0 radical (unpaired) electrons. The van der Waals surface area contributed by atoms with E-state index >= 15 is 0 Å². The van der Waals surface area contributed by atoms with Gasteiger partial charge in [-0.25, -0.2) is 0 Å². The fraction of sp³-hybridized carbons (Fsp3) is 0.400. The lowest BCUT2D eigenvalue weighted by molar-refractivity contribution is -0.150. The number of nitrogens with one attached hydrogen (secondary N) is 1. The molecule has 3 rings (SSSR count). The number of benzene rings is 2. The standard InChI is InChI=1S/C25H27Cl2NO8/c1-4-33-21(30)13-20-25(31)28-23-17(24(36-20)16-7-5-8-18(32-3)22(16)27)11-15(26)12-19(23)35-10-6-9-34-14(2)29/h5,7-8,11-12,20,24H,4,6,9-10,13H2,1-3H3,(H,28,31)/t20-,24-/m1/s1. The summed E-state index contributed by atoms with van der Waals surface area (Å²) >= 11 is 13.0. The summed E-state index contributed by atoms with van der Waals surface area (Å²) in [6.07, 6.45) is -1.97. The van der Waals surface area contributed by atoms with Crippen LogP contribution in [0.4, 0.5) is 5.69 Å². The fourth-order valence-electron chi connectivity index (χ4n) is 3.66. The molecule has 0 saturated heterocycles. The minimum Gasteiger partial charge on any atom is -0.495 e. The molecule has 0 aromatic heterocycles. The Labute approximate surface area is 218 Å². The molecule has 0 bridgehead atoms. The van der Waals surface area contributed by atoms with E-state index in [2.05, 4.69) is 5.32 Å². The molecule has 1 aliphatic rings. The number of esters is 2. The van der Waals surface area contributed by atoms with E-state index in [4.69, 9.17) is 46.9 Å². The van der Waals surface area contributed by atoms with Gasteiger partial charge in [0.05, 0.1) is 44.1 Å². The average Bonchev–Trinajstić information content (AvgIpc) is 2.95. The van der Waals surface area contributed by atoms with Crippen LogP contribution in [0.15, 0.2) is 30.3 Å². The molecule has 11 heteroatoms. The first-order chi connectivity index (χ1) is 17.2. The molecule has 9 nitrogen and oxygen atoms in total. The highest BCUT2D eigenvalue weighted by molar-refractivity contribution is 6.33. The molecule has 36 heavy (non-hydrogen) atoms. The molecule has 0 aliphatic carbocycles. The van der Waals surface area contributed by atoms with Crippen LogP contribution in [-0.2, 0) is 28.6 Å². The van der Waals surface area contributed by atoms with Crippen molar-refractivity contribution in [2.45, 2.75) is 38.9 Å². The molecule has 1 N–H and O–H groups in total. The van der Waals surface area contributed by atoms with Gasteiger partial charge in [0.1, 0.15) is 23.7 Å². The van der Waals surface area contributed by atoms with Crippen LogP contribution >= 0.6 is 23.2 Å². The van der Waals surface area contributed by atoms with E-state index in [1.165, 1.54) is 14.0 Å². The van der Waals surface area contributed by atoms with Crippen LogP contribution < -0.4 is 14.8 Å². The zero-order chi connectivity index (χ0) is 26.2. The maximum Gasteiger partial charge on any atom is 0.308 e. The Morgan fingerprint density at radius 2 is 1.86 bits per heavy atom. The van der Waals surface area contributed by atoms with E-state index in [0.29, 0.717) is 34.0 Å². The number of rotatable bonds is 10. The molecular formula is C25H27Cl2NO8. The molecule has 194 valence electrons. The lowest BCUT2D eigenvalue weighted by atomic mass is 9.98. The number of halogens is 2. The van der Waals surface area contributed by atoms with Gasteiger partial charge in [-0.05, 0) is 19.1 Å². The second-order valence-corrected chi connectivity index (χ2v) is 8.59. The zero-order valence-electron chi connectivity index (χ0n) is 20.1. The molecular weight excluding hydrogens is 513 g/mol. The first-order valence-corrected chi connectivity index (χ1v) is 12.0. The lowest BCUT2D eigenvalue weighted by Gasteiger charge is -2.23. The molecule has 0 unspecified atom stereocenters. The van der Waals surface area contributed by atoms with Crippen molar-refractivity contribution in [1.29, 1.82) is 0 Å². The number of carbonyl (C=O) groups excluding carboxylic acids is 3. The van der Waals surface area contributed by atoms with Crippen LogP contribution in [0.5, 0.6) is 11.5 Å². The predicted octanol–water partition coefficient (Wildman–Crippen LogP) is 4.71. The first kappa shape index (κ1) is 27.6. The molecule has 2 atom stereocenters. The summed E-state index contributed by atoms with van der Waals surface area (Å²) in [5, 5.41) is 3.42. The minimum atomic E-state index is -1.18. The minimum absolute atomic E-state index is 0.166. The summed E-state index contributed by atoms with van der Waals surface area (Å²) in [5.74, 6) is -0.828. The number of anilines is 1. The third-order valence-corrected chi connectivity index (χ3v) is 5.85. The molecule has 2 aromatic carbocycles. The highest BCUT2D eigenvalue weighted by Crippen LogP contribution is 2.45. The van der Waals surface area contributed by atoms with Gasteiger partial charge in [-0.2, -0.15) is 0 Å². The normalized spacial score (nSPS) is 16.9. The Morgan fingerprint density at radius 1 is 1.08 bits per heavy atom. The van der Waals surface area contributed by atoms with Crippen molar-refractivity contribution >= 4 is 46.7 Å². The highest BCUT2D eigenvalue weighted by atomic mass is 35.5. The fourth-order valence-corrected chi connectivity index (χ4v) is 4.18. The first-order valence-electron chi connectivity index (χ1n) is 11.3. The summed E-state index contributed by atoms with van der Waals surface area (Å²) in [4.78, 5) is 36.3. The summed E-state index contributed by atoms with van der Waals surface area (Å²) in [6.45, 7) is 3.53. The van der Waals surface area contributed by atoms with Gasteiger partial charge in [-0.1, -0.05) is 35.3 Å². The predicted molar refractivity (Wildman–Crippen MR) is 133 cm³/mol. The second kappa shape index (κ2) is 12.8. The van der Waals surface area contributed by atoms with Crippen molar-refractivity contribution in [3.05, 3.63) is 51.5 Å². The molecule has 0 saturated carbocycles. The van der Waals surface area contributed by atoms with Gasteiger partial charge in [0, 0.05) is 35.6 Å². The van der Waals surface area contributed by atoms with E-state index in [9.17, 15) is 14.4 Å². The van der Waals surface area contributed by atoms with Crippen LogP contribution in [0.1, 0.15) is 43.9 Å². The SMILES string of the molecule is CCOC(=O)C[C@H]1O[C@H](c2cccc(OC)c2Cl)c2cc(Cl)cc(OCCCOC(C)=O)c2NC1=O. The second-order valence-electron chi connectivity index (χ2n) is 7.78. The summed E-state index contributed by atoms with van der Waals surface area (Å²) in [6, 6.07) is 8.36. The van der Waals surface area contributed by atoms with Gasteiger partial charge in [0.25, 0.3) is 5.91 Å². The van der Waals surface area contributed by atoms with Crippen LogP contribution in [-0.4, -0.2) is 50.9 Å². The highest BCUT2D eigenvalue weighted by Gasteiger charge is 2.36. The van der Waals surface area contributed by atoms with Gasteiger partial charge < -0.3 is 29.0 Å². The topological polar surface area (TPSA) is 109 Å². The number of hydrogen-bond acceptors (Lipinski definition) is 8. The lowest BCUT2D eigenvalue weighted by Crippen LogP contribution is -2.32. The number of amides is 1. The average molecular weight is 540 g/mol. The zero-order valence-corrected chi connectivity index (χ0v) is 21.6.